The maximum atomic E-state index is 13.8. The molecule has 6 heteroatoms. The molecule has 0 spiro atoms. The second-order valence-corrected chi connectivity index (χ2v) is 6.18. The molecule has 0 saturated heterocycles. The number of amides is 1. The molecule has 1 aliphatic carbocycles. The monoisotopic (exact) mass is 324 g/mol. The highest BCUT2D eigenvalue weighted by Crippen LogP contribution is 2.31. The summed E-state index contributed by atoms with van der Waals surface area (Å²) in [6.07, 6.45) is 6.80. The third-order valence-electron chi connectivity index (χ3n) is 4.55. The Morgan fingerprint density at radius 2 is 2.21 bits per heavy atom. The van der Waals surface area contributed by atoms with Gasteiger partial charge in [0.05, 0.1) is 29.2 Å². The Labute approximate surface area is 138 Å². The van der Waals surface area contributed by atoms with E-state index < -0.39 is 0 Å². The van der Waals surface area contributed by atoms with Crippen LogP contribution in [0.4, 0.5) is 10.1 Å². The predicted octanol–water partition coefficient (Wildman–Crippen LogP) is 3.86. The van der Waals surface area contributed by atoms with E-state index in [0.717, 1.165) is 12.8 Å². The molecule has 24 heavy (non-hydrogen) atoms. The first kappa shape index (κ1) is 14.8. The number of carbonyl (C=O) groups is 1. The molecule has 1 saturated carbocycles. The van der Waals surface area contributed by atoms with Gasteiger partial charge in [0.25, 0.3) is 5.91 Å². The summed E-state index contributed by atoms with van der Waals surface area (Å²) in [7, 11) is 0. The minimum absolute atomic E-state index is 0.235. The number of carbonyl (C=O) groups excluding carboxylic acids is 1. The zero-order valence-corrected chi connectivity index (χ0v) is 13.3. The Bertz CT molecular complexity index is 930. The number of rotatable bonds is 3. The number of hydrogen-bond donors (Lipinski definition) is 1. The van der Waals surface area contributed by atoms with Crippen LogP contribution in [0.5, 0.6) is 0 Å². The van der Waals surface area contributed by atoms with Crippen molar-refractivity contribution in [2.75, 3.05) is 5.32 Å². The van der Waals surface area contributed by atoms with Gasteiger partial charge in [-0.15, -0.1) is 0 Å². The number of anilines is 1. The number of halogens is 1. The van der Waals surface area contributed by atoms with Gasteiger partial charge in [0.2, 0.25) is 0 Å². The normalized spacial score (nSPS) is 14.6. The average Bonchev–Trinajstić information content (AvgIpc) is 2.97. The third kappa shape index (κ3) is 2.54. The van der Waals surface area contributed by atoms with Gasteiger partial charge in [0, 0.05) is 11.6 Å². The van der Waals surface area contributed by atoms with Crippen molar-refractivity contribution >= 4 is 22.5 Å². The first-order valence-electron chi connectivity index (χ1n) is 8.03. The van der Waals surface area contributed by atoms with Crippen LogP contribution in [0.1, 0.15) is 41.4 Å². The van der Waals surface area contributed by atoms with Gasteiger partial charge in [-0.1, -0.05) is 12.1 Å². The lowest BCUT2D eigenvalue weighted by Crippen LogP contribution is -2.17. The molecule has 1 fully saturated rings. The molecule has 0 bridgehead atoms. The summed E-state index contributed by atoms with van der Waals surface area (Å²) in [4.78, 5) is 16.7. The highest BCUT2D eigenvalue weighted by atomic mass is 19.1. The minimum atomic E-state index is -0.366. The average molecular weight is 324 g/mol. The lowest BCUT2D eigenvalue weighted by atomic mass is 9.93. The van der Waals surface area contributed by atoms with Gasteiger partial charge in [-0.2, -0.15) is 5.10 Å². The summed E-state index contributed by atoms with van der Waals surface area (Å²) < 4.78 is 15.6. The number of hydrogen-bond acceptors (Lipinski definition) is 3. The number of nitrogens with one attached hydrogen (secondary N) is 1. The van der Waals surface area contributed by atoms with Gasteiger partial charge < -0.3 is 5.32 Å². The number of nitrogens with zero attached hydrogens (tertiary/aromatic N) is 3. The molecule has 0 radical (unpaired) electrons. The molecule has 2 aromatic heterocycles. The highest BCUT2D eigenvalue weighted by molar-refractivity contribution is 6.05. The van der Waals surface area contributed by atoms with Crippen LogP contribution in [0.3, 0.4) is 0 Å². The predicted molar refractivity (Wildman–Crippen MR) is 89.5 cm³/mol. The Morgan fingerprint density at radius 3 is 2.96 bits per heavy atom. The van der Waals surface area contributed by atoms with E-state index >= 15 is 0 Å². The fourth-order valence-electron chi connectivity index (χ4n) is 2.88. The summed E-state index contributed by atoms with van der Waals surface area (Å²) in [6.45, 7) is 1.75. The van der Waals surface area contributed by atoms with Gasteiger partial charge in [-0.05, 0) is 38.3 Å². The number of para-hydroxylation sites is 1. The van der Waals surface area contributed by atoms with E-state index in [2.05, 4.69) is 15.4 Å². The smallest absolute Gasteiger partial charge is 0.258 e. The van der Waals surface area contributed by atoms with E-state index in [0.29, 0.717) is 33.9 Å². The van der Waals surface area contributed by atoms with Crippen LogP contribution < -0.4 is 5.32 Å². The molecule has 4 rings (SSSR count). The molecule has 2 heterocycles. The van der Waals surface area contributed by atoms with E-state index in [1.165, 1.54) is 12.5 Å². The van der Waals surface area contributed by atoms with Crippen molar-refractivity contribution in [3.63, 3.8) is 0 Å². The van der Waals surface area contributed by atoms with E-state index in [4.69, 9.17) is 0 Å². The van der Waals surface area contributed by atoms with Gasteiger partial charge in [0.1, 0.15) is 11.3 Å². The summed E-state index contributed by atoms with van der Waals surface area (Å²) in [5, 5.41) is 7.78. The van der Waals surface area contributed by atoms with Gasteiger partial charge in [0.15, 0.2) is 0 Å². The standard InChI is InChI=1S/C18H17FN4O/c1-11-16(8-12-4-2-7-15(19)17(12)21-11)22-18(24)13-9-20-23(10-13)14-5-3-6-14/h2,4,7-10,14H,3,5-6H2,1H3,(H,22,24). The SMILES string of the molecule is Cc1nc2c(F)cccc2cc1NC(=O)c1cnn(C2CCC2)c1. The fourth-order valence-corrected chi connectivity index (χ4v) is 2.88. The quantitative estimate of drug-likeness (QED) is 0.796. The maximum Gasteiger partial charge on any atom is 0.258 e. The summed E-state index contributed by atoms with van der Waals surface area (Å²) in [6, 6.07) is 6.94. The van der Waals surface area contributed by atoms with Crippen LogP contribution in [0, 0.1) is 12.7 Å². The molecule has 0 unspecified atom stereocenters. The van der Waals surface area contributed by atoms with Crippen molar-refractivity contribution in [2.24, 2.45) is 0 Å². The van der Waals surface area contributed by atoms with E-state index in [9.17, 15) is 9.18 Å². The van der Waals surface area contributed by atoms with Crippen molar-refractivity contribution in [1.29, 1.82) is 0 Å². The Balaban J connectivity index is 1.60. The lowest BCUT2D eigenvalue weighted by Gasteiger charge is -2.25. The number of benzene rings is 1. The van der Waals surface area contributed by atoms with Crippen molar-refractivity contribution in [3.05, 3.63) is 53.7 Å². The molecule has 1 aliphatic rings. The first-order valence-corrected chi connectivity index (χ1v) is 8.03. The molecule has 1 aromatic carbocycles. The molecule has 0 atom stereocenters. The van der Waals surface area contributed by atoms with Crippen LogP contribution in [0.15, 0.2) is 36.7 Å². The molecule has 5 nitrogen and oxygen atoms in total. The van der Waals surface area contributed by atoms with Gasteiger partial charge in [-0.25, -0.2) is 9.37 Å². The van der Waals surface area contributed by atoms with Crippen LogP contribution in [0.25, 0.3) is 10.9 Å². The van der Waals surface area contributed by atoms with E-state index in [-0.39, 0.29) is 11.7 Å². The summed E-state index contributed by atoms with van der Waals surface area (Å²) >= 11 is 0. The van der Waals surface area contributed by atoms with Crippen molar-refractivity contribution in [1.82, 2.24) is 14.8 Å². The highest BCUT2D eigenvalue weighted by Gasteiger charge is 2.21. The molecule has 1 amide bonds. The zero-order chi connectivity index (χ0) is 16.7. The number of pyridine rings is 1. The van der Waals surface area contributed by atoms with Gasteiger partial charge in [-0.3, -0.25) is 9.48 Å². The first-order chi connectivity index (χ1) is 11.6. The van der Waals surface area contributed by atoms with Crippen molar-refractivity contribution in [3.8, 4) is 0 Å². The summed E-state index contributed by atoms with van der Waals surface area (Å²) in [5.74, 6) is -0.600. The Kier molecular flexibility index (Phi) is 3.52. The molecule has 3 aromatic rings. The van der Waals surface area contributed by atoms with E-state index in [1.54, 1.807) is 37.5 Å². The third-order valence-corrected chi connectivity index (χ3v) is 4.55. The lowest BCUT2D eigenvalue weighted by molar-refractivity contribution is 0.102. The minimum Gasteiger partial charge on any atom is -0.320 e. The Morgan fingerprint density at radius 1 is 1.38 bits per heavy atom. The number of fused-ring (bicyclic) bond motifs is 1. The number of aromatic nitrogens is 3. The van der Waals surface area contributed by atoms with E-state index in [1.807, 2.05) is 4.68 Å². The molecule has 1 N–H and O–H groups in total. The van der Waals surface area contributed by atoms with Crippen molar-refractivity contribution in [2.45, 2.75) is 32.2 Å². The Hall–Kier alpha value is -2.76. The van der Waals surface area contributed by atoms with Crippen LogP contribution in [-0.2, 0) is 0 Å². The van der Waals surface area contributed by atoms with Crippen LogP contribution in [0.2, 0.25) is 0 Å². The molecule has 122 valence electrons. The maximum absolute atomic E-state index is 13.8. The van der Waals surface area contributed by atoms with Crippen LogP contribution >= 0.6 is 0 Å². The topological polar surface area (TPSA) is 59.8 Å². The van der Waals surface area contributed by atoms with Crippen LogP contribution in [-0.4, -0.2) is 20.7 Å². The number of aryl methyl sites for hydroxylation is 1. The largest absolute Gasteiger partial charge is 0.320 e. The zero-order valence-electron chi connectivity index (χ0n) is 13.3. The second kappa shape index (κ2) is 5.70. The fraction of sp³-hybridized carbons (Fsp3) is 0.278. The molecular weight excluding hydrogens is 307 g/mol. The second-order valence-electron chi connectivity index (χ2n) is 6.18. The van der Waals surface area contributed by atoms with Crippen molar-refractivity contribution < 1.29 is 9.18 Å². The molecule has 0 aliphatic heterocycles. The molecular formula is C18H17FN4O. The van der Waals surface area contributed by atoms with Gasteiger partial charge >= 0.3 is 0 Å². The summed E-state index contributed by atoms with van der Waals surface area (Å²) in [5.41, 5.74) is 1.98.